The highest BCUT2D eigenvalue weighted by Gasteiger charge is 2.35. The maximum absolute atomic E-state index is 12.7. The second-order valence-electron chi connectivity index (χ2n) is 7.14. The molecule has 1 aromatic heterocycles. The summed E-state index contributed by atoms with van der Waals surface area (Å²) in [6.45, 7) is 5.36. The summed E-state index contributed by atoms with van der Waals surface area (Å²) < 4.78 is 5.82. The lowest BCUT2D eigenvalue weighted by Gasteiger charge is -2.37. The summed E-state index contributed by atoms with van der Waals surface area (Å²) in [5.41, 5.74) is 0.917. The molecule has 1 amide bonds. The molecule has 6 nitrogen and oxygen atoms in total. The molecule has 1 aromatic rings. The minimum Gasteiger partial charge on any atom is -0.389 e. The number of hydrogen-bond donors (Lipinski definition) is 1. The van der Waals surface area contributed by atoms with Crippen LogP contribution in [0.3, 0.4) is 0 Å². The number of nitrogens with zero attached hydrogens (tertiary/aromatic N) is 3. The molecule has 2 heterocycles. The van der Waals surface area contributed by atoms with Crippen molar-refractivity contribution in [2.45, 2.75) is 64.1 Å². The van der Waals surface area contributed by atoms with Crippen LogP contribution in [0.25, 0.3) is 0 Å². The minimum absolute atomic E-state index is 0.0233. The molecular weight excluding hydrogens is 306 g/mol. The van der Waals surface area contributed by atoms with Crippen molar-refractivity contribution in [3.8, 4) is 0 Å². The SMILES string of the molecule is Cc1cc([C@H]2CN(C(=O)CC3(O)CCCCC3)CCO2)nc(C)n1. The first kappa shape index (κ1) is 17.3. The van der Waals surface area contributed by atoms with Crippen LogP contribution in [0, 0.1) is 13.8 Å². The first-order chi connectivity index (χ1) is 11.5. The Bertz CT molecular complexity index is 579. The van der Waals surface area contributed by atoms with Crippen LogP contribution in [-0.2, 0) is 9.53 Å². The third-order valence-corrected chi connectivity index (χ3v) is 5.00. The van der Waals surface area contributed by atoms with Gasteiger partial charge in [0.1, 0.15) is 11.9 Å². The van der Waals surface area contributed by atoms with E-state index in [-0.39, 0.29) is 18.4 Å². The number of rotatable bonds is 3. The average Bonchev–Trinajstić information content (AvgIpc) is 2.54. The normalized spacial score (nSPS) is 24.0. The van der Waals surface area contributed by atoms with Crippen molar-refractivity contribution in [3.05, 3.63) is 23.3 Å². The van der Waals surface area contributed by atoms with Crippen molar-refractivity contribution in [1.29, 1.82) is 0 Å². The minimum atomic E-state index is -0.814. The van der Waals surface area contributed by atoms with Crippen molar-refractivity contribution in [1.82, 2.24) is 14.9 Å². The number of aliphatic hydroxyl groups is 1. The fourth-order valence-electron chi connectivity index (χ4n) is 3.75. The average molecular weight is 333 g/mol. The molecule has 1 saturated heterocycles. The van der Waals surface area contributed by atoms with E-state index >= 15 is 0 Å². The molecule has 2 aliphatic rings. The zero-order valence-electron chi connectivity index (χ0n) is 14.6. The van der Waals surface area contributed by atoms with E-state index in [1.165, 1.54) is 0 Å². The quantitative estimate of drug-likeness (QED) is 0.916. The summed E-state index contributed by atoms with van der Waals surface area (Å²) in [6.07, 6.45) is 4.64. The Kier molecular flexibility index (Phi) is 5.15. The van der Waals surface area contributed by atoms with Gasteiger partial charge in [0.05, 0.1) is 30.9 Å². The van der Waals surface area contributed by atoms with Crippen molar-refractivity contribution in [2.75, 3.05) is 19.7 Å². The lowest BCUT2D eigenvalue weighted by molar-refractivity contribution is -0.145. The van der Waals surface area contributed by atoms with Crippen LogP contribution in [-0.4, -0.2) is 51.2 Å². The lowest BCUT2D eigenvalue weighted by Crippen LogP contribution is -2.46. The summed E-state index contributed by atoms with van der Waals surface area (Å²) in [4.78, 5) is 23.2. The molecule has 1 saturated carbocycles. The van der Waals surface area contributed by atoms with E-state index in [1.54, 1.807) is 0 Å². The van der Waals surface area contributed by atoms with E-state index < -0.39 is 5.60 Å². The summed E-state index contributed by atoms with van der Waals surface area (Å²) in [7, 11) is 0. The Morgan fingerprint density at radius 3 is 2.79 bits per heavy atom. The Morgan fingerprint density at radius 1 is 1.33 bits per heavy atom. The third-order valence-electron chi connectivity index (χ3n) is 5.00. The Balaban J connectivity index is 1.65. The molecule has 132 valence electrons. The molecule has 1 aliphatic heterocycles. The highest BCUT2D eigenvalue weighted by molar-refractivity contribution is 5.77. The maximum atomic E-state index is 12.7. The van der Waals surface area contributed by atoms with Crippen molar-refractivity contribution >= 4 is 5.91 Å². The lowest BCUT2D eigenvalue weighted by atomic mass is 9.82. The van der Waals surface area contributed by atoms with Gasteiger partial charge in [-0.3, -0.25) is 4.79 Å². The van der Waals surface area contributed by atoms with Gasteiger partial charge in [-0.2, -0.15) is 0 Å². The molecule has 6 heteroatoms. The number of hydrogen-bond acceptors (Lipinski definition) is 5. The fourth-order valence-corrected chi connectivity index (χ4v) is 3.75. The molecule has 0 radical (unpaired) electrons. The van der Waals surface area contributed by atoms with Crippen LogP contribution in [0.2, 0.25) is 0 Å². The molecular formula is C18H27N3O3. The largest absolute Gasteiger partial charge is 0.389 e. The van der Waals surface area contributed by atoms with Crippen molar-refractivity contribution in [3.63, 3.8) is 0 Å². The molecule has 3 rings (SSSR count). The Labute approximate surface area is 143 Å². The first-order valence-corrected chi connectivity index (χ1v) is 8.89. The van der Waals surface area contributed by atoms with Crippen LogP contribution in [0.15, 0.2) is 6.07 Å². The molecule has 1 N–H and O–H groups in total. The number of carbonyl (C=O) groups is 1. The molecule has 0 unspecified atom stereocenters. The highest BCUT2D eigenvalue weighted by atomic mass is 16.5. The number of amides is 1. The topological polar surface area (TPSA) is 75.6 Å². The second kappa shape index (κ2) is 7.15. The second-order valence-corrected chi connectivity index (χ2v) is 7.14. The van der Waals surface area contributed by atoms with Gasteiger partial charge in [-0.05, 0) is 32.8 Å². The summed E-state index contributed by atoms with van der Waals surface area (Å²) in [5.74, 6) is 0.740. The monoisotopic (exact) mass is 333 g/mol. The molecule has 0 spiro atoms. The predicted molar refractivity (Wildman–Crippen MR) is 89.4 cm³/mol. The third kappa shape index (κ3) is 4.11. The van der Waals surface area contributed by atoms with Gasteiger partial charge in [0.25, 0.3) is 0 Å². The van der Waals surface area contributed by atoms with Crippen molar-refractivity contribution in [2.24, 2.45) is 0 Å². The van der Waals surface area contributed by atoms with Gasteiger partial charge in [-0.1, -0.05) is 19.3 Å². The van der Waals surface area contributed by atoms with Crippen LogP contribution < -0.4 is 0 Å². The molecule has 1 aliphatic carbocycles. The zero-order chi connectivity index (χ0) is 17.2. The number of aromatic nitrogens is 2. The van der Waals surface area contributed by atoms with E-state index in [4.69, 9.17) is 4.74 Å². The first-order valence-electron chi connectivity index (χ1n) is 8.89. The maximum Gasteiger partial charge on any atom is 0.225 e. The summed E-state index contributed by atoms with van der Waals surface area (Å²) in [5, 5.41) is 10.6. The standard InChI is InChI=1S/C18H27N3O3/c1-13-10-15(20-14(2)19-13)16-12-21(8-9-24-16)17(22)11-18(23)6-4-3-5-7-18/h10,16,23H,3-9,11-12H2,1-2H3/t16-/m1/s1. The van der Waals surface area contributed by atoms with Crippen LogP contribution in [0.4, 0.5) is 0 Å². The summed E-state index contributed by atoms with van der Waals surface area (Å²) in [6, 6.07) is 1.92. The van der Waals surface area contributed by atoms with E-state index in [9.17, 15) is 9.90 Å². The van der Waals surface area contributed by atoms with E-state index in [1.807, 2.05) is 24.8 Å². The van der Waals surface area contributed by atoms with Gasteiger partial charge in [0.2, 0.25) is 5.91 Å². The van der Waals surface area contributed by atoms with Gasteiger partial charge < -0.3 is 14.7 Å². The number of ether oxygens (including phenoxy) is 1. The van der Waals surface area contributed by atoms with E-state index in [0.717, 1.165) is 43.5 Å². The van der Waals surface area contributed by atoms with Gasteiger partial charge in [0.15, 0.2) is 0 Å². The van der Waals surface area contributed by atoms with Crippen LogP contribution in [0.1, 0.15) is 61.8 Å². The van der Waals surface area contributed by atoms with Crippen molar-refractivity contribution < 1.29 is 14.6 Å². The molecule has 1 atom stereocenters. The number of morpholine rings is 1. The van der Waals surface area contributed by atoms with Gasteiger partial charge in [-0.25, -0.2) is 9.97 Å². The van der Waals surface area contributed by atoms with Gasteiger partial charge in [0, 0.05) is 12.2 Å². The van der Waals surface area contributed by atoms with E-state index in [2.05, 4.69) is 9.97 Å². The Hall–Kier alpha value is -1.53. The van der Waals surface area contributed by atoms with E-state index in [0.29, 0.717) is 25.5 Å². The van der Waals surface area contributed by atoms with Gasteiger partial charge in [-0.15, -0.1) is 0 Å². The molecule has 24 heavy (non-hydrogen) atoms. The molecule has 0 aromatic carbocycles. The molecule has 2 fully saturated rings. The molecule has 0 bridgehead atoms. The van der Waals surface area contributed by atoms with Crippen LogP contribution in [0.5, 0.6) is 0 Å². The summed E-state index contributed by atoms with van der Waals surface area (Å²) >= 11 is 0. The van der Waals surface area contributed by atoms with Gasteiger partial charge >= 0.3 is 0 Å². The predicted octanol–water partition coefficient (Wildman–Crippen LogP) is 2.08. The van der Waals surface area contributed by atoms with Crippen LogP contribution >= 0.6 is 0 Å². The number of aryl methyl sites for hydroxylation is 2. The smallest absolute Gasteiger partial charge is 0.225 e. The number of carbonyl (C=O) groups excluding carboxylic acids is 1. The Morgan fingerprint density at radius 2 is 2.08 bits per heavy atom. The zero-order valence-corrected chi connectivity index (χ0v) is 14.6. The fraction of sp³-hybridized carbons (Fsp3) is 0.722. The highest BCUT2D eigenvalue weighted by Crippen LogP contribution is 2.32.